The van der Waals surface area contributed by atoms with Crippen molar-refractivity contribution in [3.63, 3.8) is 0 Å². The summed E-state index contributed by atoms with van der Waals surface area (Å²) in [6.45, 7) is 0. The van der Waals surface area contributed by atoms with Crippen molar-refractivity contribution in [1.82, 2.24) is 24.1 Å². The Morgan fingerprint density at radius 2 is 0.459 bits per heavy atom. The first-order chi connectivity index (χ1) is 48.4. The van der Waals surface area contributed by atoms with Gasteiger partial charge in [-0.3, -0.25) is 0 Å². The fourth-order valence-electron chi connectivity index (χ4n) is 13.9. The second-order valence-corrected chi connectivity index (χ2v) is 24.5. The summed E-state index contributed by atoms with van der Waals surface area (Å²) in [6, 6.07) is 120. The zero-order valence-corrected chi connectivity index (χ0v) is 52.8. The van der Waals surface area contributed by atoms with Gasteiger partial charge in [-0.25, -0.2) is 15.0 Å². The molecule has 0 N–H and O–H groups in total. The summed E-state index contributed by atoms with van der Waals surface area (Å²) >= 11 is 0. The predicted octanol–water partition coefficient (Wildman–Crippen LogP) is 22.4. The molecule has 0 aliphatic rings. The van der Waals surface area contributed by atoms with Crippen LogP contribution in [-0.4, -0.2) is 24.1 Å². The first-order valence-electron chi connectivity index (χ1n) is 32.5. The van der Waals surface area contributed by atoms with Crippen LogP contribution < -0.4 is 0 Å². The molecular formula is C90H54N8. The van der Waals surface area contributed by atoms with Gasteiger partial charge >= 0.3 is 0 Å². The van der Waals surface area contributed by atoms with Crippen LogP contribution in [0.4, 0.5) is 0 Å². The van der Waals surface area contributed by atoms with Gasteiger partial charge in [0.05, 0.1) is 68.3 Å². The zero-order chi connectivity index (χ0) is 65.6. The molecule has 0 spiro atoms. The van der Waals surface area contributed by atoms with Gasteiger partial charge in [-0.1, -0.05) is 231 Å². The highest BCUT2D eigenvalue weighted by Crippen LogP contribution is 2.44. The Labute approximate surface area is 566 Å². The lowest BCUT2D eigenvalue weighted by molar-refractivity contribution is 1.07. The highest BCUT2D eigenvalue weighted by atomic mass is 15.0. The van der Waals surface area contributed by atoms with Gasteiger partial charge in [0.25, 0.3) is 0 Å². The number of hydrogen-bond acceptors (Lipinski definition) is 6. The number of fused-ring (bicyclic) bond motifs is 6. The van der Waals surface area contributed by atoms with Gasteiger partial charge in [-0.2, -0.15) is 15.8 Å². The van der Waals surface area contributed by atoms with Gasteiger partial charge in [-0.15, -0.1) is 0 Å². The summed E-state index contributed by atoms with van der Waals surface area (Å²) in [6.07, 6.45) is 0. The number of nitriles is 3. The maximum absolute atomic E-state index is 10.4. The first kappa shape index (κ1) is 58.0. The van der Waals surface area contributed by atoms with Crippen LogP contribution in [0.15, 0.2) is 328 Å². The first-order valence-corrected chi connectivity index (χ1v) is 32.5. The van der Waals surface area contributed by atoms with Gasteiger partial charge in [0, 0.05) is 49.4 Å². The molecule has 8 heteroatoms. The van der Waals surface area contributed by atoms with Crippen molar-refractivity contribution in [2.24, 2.45) is 0 Å². The minimum absolute atomic E-state index is 0.443. The van der Waals surface area contributed by atoms with Crippen LogP contribution >= 0.6 is 0 Å². The van der Waals surface area contributed by atoms with Gasteiger partial charge < -0.3 is 9.13 Å². The molecule has 98 heavy (non-hydrogen) atoms. The largest absolute Gasteiger partial charge is 0.309 e. The van der Waals surface area contributed by atoms with Crippen molar-refractivity contribution in [2.75, 3.05) is 0 Å². The van der Waals surface area contributed by atoms with E-state index in [0.29, 0.717) is 34.2 Å². The highest BCUT2D eigenvalue weighted by molar-refractivity contribution is 6.14. The molecule has 0 amide bonds. The third-order valence-electron chi connectivity index (χ3n) is 18.7. The lowest BCUT2D eigenvalue weighted by Crippen LogP contribution is -2.03. The lowest BCUT2D eigenvalue weighted by atomic mass is 9.98. The highest BCUT2D eigenvalue weighted by Gasteiger charge is 2.24. The fourth-order valence-corrected chi connectivity index (χ4v) is 13.9. The smallest absolute Gasteiger partial charge is 0.164 e. The molecule has 0 bridgehead atoms. The van der Waals surface area contributed by atoms with E-state index >= 15 is 0 Å². The van der Waals surface area contributed by atoms with Gasteiger partial charge in [-0.05, 0) is 164 Å². The van der Waals surface area contributed by atoms with E-state index in [1.165, 1.54) is 0 Å². The zero-order valence-electron chi connectivity index (χ0n) is 52.8. The van der Waals surface area contributed by atoms with Gasteiger partial charge in [0.1, 0.15) is 0 Å². The molecule has 454 valence electrons. The topological polar surface area (TPSA) is 120 Å². The summed E-state index contributed by atoms with van der Waals surface area (Å²) < 4.78 is 4.69. The van der Waals surface area contributed by atoms with E-state index in [9.17, 15) is 15.8 Å². The molecule has 17 aromatic rings. The maximum Gasteiger partial charge on any atom is 0.164 e. The molecule has 14 aromatic carbocycles. The molecule has 0 aliphatic heterocycles. The minimum Gasteiger partial charge on any atom is -0.309 e. The summed E-state index contributed by atoms with van der Waals surface area (Å²) in [5.41, 5.74) is 24.0. The number of nitrogens with zero attached hydrogens (tertiary/aromatic N) is 8. The molecule has 8 nitrogen and oxygen atoms in total. The van der Waals surface area contributed by atoms with E-state index in [1.807, 2.05) is 109 Å². The average molecular weight is 1250 g/mol. The van der Waals surface area contributed by atoms with E-state index in [-0.39, 0.29) is 0 Å². The van der Waals surface area contributed by atoms with Crippen molar-refractivity contribution in [1.29, 1.82) is 15.8 Å². The molecule has 0 saturated carbocycles. The van der Waals surface area contributed by atoms with E-state index in [1.54, 1.807) is 0 Å². The van der Waals surface area contributed by atoms with E-state index in [2.05, 4.69) is 246 Å². The van der Waals surface area contributed by atoms with Crippen molar-refractivity contribution < 1.29 is 0 Å². The third kappa shape index (κ3) is 10.6. The van der Waals surface area contributed by atoms with Crippen LogP contribution in [0.5, 0.6) is 0 Å². The Morgan fingerprint density at radius 3 is 0.796 bits per heavy atom. The van der Waals surface area contributed by atoms with Crippen LogP contribution in [-0.2, 0) is 0 Å². The van der Waals surface area contributed by atoms with Crippen molar-refractivity contribution in [3.8, 4) is 142 Å². The van der Waals surface area contributed by atoms with E-state index in [4.69, 9.17) is 15.0 Å². The molecule has 3 heterocycles. The summed E-state index contributed by atoms with van der Waals surface area (Å²) in [4.78, 5) is 16.5. The van der Waals surface area contributed by atoms with Crippen LogP contribution in [0.25, 0.3) is 167 Å². The Kier molecular flexibility index (Phi) is 14.5. The van der Waals surface area contributed by atoms with Crippen molar-refractivity contribution in [2.45, 2.75) is 0 Å². The Bertz CT molecular complexity index is 5610. The Morgan fingerprint density at radius 1 is 0.204 bits per heavy atom. The van der Waals surface area contributed by atoms with Crippen LogP contribution in [0.3, 0.4) is 0 Å². The molecule has 0 radical (unpaired) electrons. The lowest BCUT2D eigenvalue weighted by Gasteiger charge is -2.18. The molecule has 0 fully saturated rings. The summed E-state index contributed by atoms with van der Waals surface area (Å²) in [5.74, 6) is 1.34. The van der Waals surface area contributed by atoms with Crippen LogP contribution in [0.2, 0.25) is 0 Å². The standard InChI is InChI=1S/C90H54N8/c91-55-58-16-13-27-67(46-58)65-30-32-66(33-31-65)88-94-89(74-34-40-76(72-28-14-17-59(47-72)56-92)86(53-74)97-82-42-36-68(61-19-5-1-6-20-61)49-78(82)79-50-69(37-43-83(79)97)62-21-7-2-8-22-62)96-90(95-88)75-35-41-77(73-29-15-18-60(48-73)57-93)87(54-75)98-84-44-38-70(63-23-9-3-10-24-63)51-80(84)81-52-71(39-45-85(81)98)64-25-11-4-12-26-64/h1-54H. The van der Waals surface area contributed by atoms with Crippen molar-refractivity contribution in [3.05, 3.63) is 344 Å². The second kappa shape index (κ2) is 24.6. The third-order valence-corrected chi connectivity index (χ3v) is 18.7. The average Bonchev–Trinajstić information content (AvgIpc) is 1.57. The monoisotopic (exact) mass is 1250 g/mol. The van der Waals surface area contributed by atoms with Crippen molar-refractivity contribution >= 4 is 43.6 Å². The molecular weight excluding hydrogens is 1190 g/mol. The summed E-state index contributed by atoms with van der Waals surface area (Å²) in [7, 11) is 0. The number of benzene rings is 14. The second-order valence-electron chi connectivity index (χ2n) is 24.5. The van der Waals surface area contributed by atoms with Crippen LogP contribution in [0.1, 0.15) is 16.7 Å². The number of aromatic nitrogens is 5. The van der Waals surface area contributed by atoms with E-state index in [0.717, 1.165) is 150 Å². The van der Waals surface area contributed by atoms with Gasteiger partial charge in [0.2, 0.25) is 0 Å². The Balaban J connectivity index is 0.911. The molecule has 0 saturated heterocycles. The molecule has 3 aromatic heterocycles. The minimum atomic E-state index is 0.443. The summed E-state index contributed by atoms with van der Waals surface area (Å²) in [5, 5.41) is 34.9. The van der Waals surface area contributed by atoms with E-state index < -0.39 is 0 Å². The molecule has 0 unspecified atom stereocenters. The number of hydrogen-bond donors (Lipinski definition) is 0. The fraction of sp³-hybridized carbons (Fsp3) is 0. The predicted molar refractivity (Wildman–Crippen MR) is 397 cm³/mol. The number of rotatable bonds is 12. The van der Waals surface area contributed by atoms with Crippen LogP contribution in [0, 0.1) is 34.0 Å². The molecule has 17 rings (SSSR count). The maximum atomic E-state index is 10.4. The normalized spacial score (nSPS) is 11.2. The molecule has 0 atom stereocenters. The SMILES string of the molecule is N#Cc1cccc(-c2ccc(-c3nc(-c4ccc(-c5cccc(C#N)c5)c(-n5c6ccc(-c7ccccc7)cc6c6cc(-c7ccccc7)ccc65)c4)nc(-c4ccc(-c5cccc(C#N)c5)c(-n5c6ccc(-c7ccccc7)cc6c6cc(-c7ccccc7)ccc65)c4)n3)cc2)c1. The van der Waals surface area contributed by atoms with Gasteiger partial charge in [0.15, 0.2) is 17.5 Å². The quantitative estimate of drug-likeness (QED) is 0.120. The molecule has 0 aliphatic carbocycles. The Hall–Kier alpha value is -13.8.